The van der Waals surface area contributed by atoms with Crippen LogP contribution in [0.15, 0.2) is 12.1 Å². The van der Waals surface area contributed by atoms with Crippen molar-refractivity contribution in [2.45, 2.75) is 19.9 Å². The van der Waals surface area contributed by atoms with Crippen LogP contribution in [-0.4, -0.2) is 29.7 Å². The van der Waals surface area contributed by atoms with Gasteiger partial charge in [-0.3, -0.25) is 4.90 Å². The van der Waals surface area contributed by atoms with Crippen molar-refractivity contribution in [1.82, 2.24) is 4.90 Å². The van der Waals surface area contributed by atoms with Crippen LogP contribution in [0.25, 0.3) is 0 Å². The van der Waals surface area contributed by atoms with Gasteiger partial charge in [0.1, 0.15) is 0 Å². The predicted molar refractivity (Wildman–Crippen MR) is 62.3 cm³/mol. The first kappa shape index (κ1) is 10.9. The highest BCUT2D eigenvalue weighted by Gasteiger charge is 2.17. The number of β-amino-alcohol motifs (C(OH)–C–C–N with tert-alkyl or cyclic N) is 1. The van der Waals surface area contributed by atoms with Gasteiger partial charge in [0.2, 0.25) is 0 Å². The number of benzene rings is 1. The molecule has 0 radical (unpaired) electrons. The van der Waals surface area contributed by atoms with E-state index in [-0.39, 0.29) is 6.61 Å². The van der Waals surface area contributed by atoms with Crippen LogP contribution >= 0.6 is 11.6 Å². The van der Waals surface area contributed by atoms with Crippen molar-refractivity contribution in [1.29, 1.82) is 0 Å². The fourth-order valence-electron chi connectivity index (χ4n) is 2.20. The molecule has 1 aromatic carbocycles. The first-order chi connectivity index (χ1) is 7.22. The number of rotatable bonds is 2. The molecule has 0 atom stereocenters. The lowest BCUT2D eigenvalue weighted by Crippen LogP contribution is -2.33. The Labute approximate surface area is 95.5 Å². The number of aliphatic hydroxyl groups is 1. The molecular weight excluding hydrogens is 210 g/mol. The zero-order chi connectivity index (χ0) is 10.8. The van der Waals surface area contributed by atoms with Crippen molar-refractivity contribution >= 4 is 11.6 Å². The molecule has 1 aromatic rings. The quantitative estimate of drug-likeness (QED) is 0.832. The highest BCUT2D eigenvalue weighted by Crippen LogP contribution is 2.27. The van der Waals surface area contributed by atoms with Gasteiger partial charge >= 0.3 is 0 Å². The molecule has 1 N–H and O–H groups in total. The molecule has 0 aliphatic carbocycles. The van der Waals surface area contributed by atoms with Gasteiger partial charge in [0.25, 0.3) is 0 Å². The van der Waals surface area contributed by atoms with Gasteiger partial charge in [-0.15, -0.1) is 0 Å². The molecule has 0 amide bonds. The molecule has 0 aromatic heterocycles. The van der Waals surface area contributed by atoms with Crippen LogP contribution in [0.2, 0.25) is 5.02 Å². The van der Waals surface area contributed by atoms with Gasteiger partial charge < -0.3 is 5.11 Å². The minimum Gasteiger partial charge on any atom is -0.395 e. The second-order valence-electron chi connectivity index (χ2n) is 4.06. The van der Waals surface area contributed by atoms with E-state index in [9.17, 15) is 0 Å². The van der Waals surface area contributed by atoms with Crippen LogP contribution in [0.3, 0.4) is 0 Å². The SMILES string of the molecule is Cc1c(Cl)ccc2c1CCN(CCO)C2. The van der Waals surface area contributed by atoms with E-state index in [1.54, 1.807) is 0 Å². The lowest BCUT2D eigenvalue weighted by Gasteiger charge is -2.29. The fraction of sp³-hybridized carbons (Fsp3) is 0.500. The Morgan fingerprint density at radius 3 is 3.00 bits per heavy atom. The zero-order valence-corrected chi connectivity index (χ0v) is 9.72. The normalized spacial score (nSPS) is 16.5. The minimum absolute atomic E-state index is 0.238. The fourth-order valence-corrected chi connectivity index (χ4v) is 2.38. The average Bonchev–Trinajstić information content (AvgIpc) is 2.24. The van der Waals surface area contributed by atoms with Crippen molar-refractivity contribution in [3.8, 4) is 0 Å². The van der Waals surface area contributed by atoms with E-state index in [0.29, 0.717) is 0 Å². The number of fused-ring (bicyclic) bond motifs is 1. The van der Waals surface area contributed by atoms with E-state index in [2.05, 4.69) is 17.9 Å². The van der Waals surface area contributed by atoms with Gasteiger partial charge in [0, 0.05) is 24.7 Å². The Morgan fingerprint density at radius 2 is 2.27 bits per heavy atom. The van der Waals surface area contributed by atoms with Crippen molar-refractivity contribution in [2.75, 3.05) is 19.7 Å². The number of aliphatic hydroxyl groups excluding tert-OH is 1. The van der Waals surface area contributed by atoms with Gasteiger partial charge in [-0.25, -0.2) is 0 Å². The summed E-state index contributed by atoms with van der Waals surface area (Å²) in [5.41, 5.74) is 3.98. The molecule has 1 heterocycles. The molecule has 15 heavy (non-hydrogen) atoms. The van der Waals surface area contributed by atoms with Crippen molar-refractivity contribution in [2.24, 2.45) is 0 Å². The molecule has 0 unspecified atom stereocenters. The van der Waals surface area contributed by atoms with E-state index in [0.717, 1.165) is 31.1 Å². The number of nitrogens with zero attached hydrogens (tertiary/aromatic N) is 1. The molecule has 2 rings (SSSR count). The molecule has 82 valence electrons. The topological polar surface area (TPSA) is 23.5 Å². The van der Waals surface area contributed by atoms with Crippen LogP contribution in [0, 0.1) is 6.92 Å². The van der Waals surface area contributed by atoms with Gasteiger partial charge in [-0.1, -0.05) is 17.7 Å². The summed E-state index contributed by atoms with van der Waals surface area (Å²) in [5, 5.41) is 9.77. The highest BCUT2D eigenvalue weighted by atomic mass is 35.5. The summed E-state index contributed by atoms with van der Waals surface area (Å²) < 4.78 is 0. The maximum absolute atomic E-state index is 8.90. The first-order valence-corrected chi connectivity index (χ1v) is 5.70. The predicted octanol–water partition coefficient (Wildman–Crippen LogP) is 2.00. The number of hydrogen-bond donors (Lipinski definition) is 1. The van der Waals surface area contributed by atoms with Crippen molar-refractivity contribution in [3.63, 3.8) is 0 Å². The molecule has 0 spiro atoms. The smallest absolute Gasteiger partial charge is 0.0558 e. The van der Waals surface area contributed by atoms with Crippen LogP contribution in [0.5, 0.6) is 0 Å². The molecule has 0 fully saturated rings. The Kier molecular flexibility index (Phi) is 3.29. The largest absolute Gasteiger partial charge is 0.395 e. The second-order valence-corrected chi connectivity index (χ2v) is 4.47. The van der Waals surface area contributed by atoms with Crippen LogP contribution in [0.1, 0.15) is 16.7 Å². The monoisotopic (exact) mass is 225 g/mol. The standard InChI is InChI=1S/C12H16ClNO/c1-9-11-4-5-14(6-7-15)8-10(11)2-3-12(9)13/h2-3,15H,4-8H2,1H3. The molecule has 1 aliphatic heterocycles. The number of hydrogen-bond acceptors (Lipinski definition) is 2. The zero-order valence-electron chi connectivity index (χ0n) is 8.96. The molecule has 2 nitrogen and oxygen atoms in total. The summed E-state index contributed by atoms with van der Waals surface area (Å²) in [5.74, 6) is 0. The van der Waals surface area contributed by atoms with Gasteiger partial charge in [0.05, 0.1) is 6.61 Å². The summed E-state index contributed by atoms with van der Waals surface area (Å²) in [6, 6.07) is 4.08. The first-order valence-electron chi connectivity index (χ1n) is 5.32. The average molecular weight is 226 g/mol. The third-order valence-corrected chi connectivity index (χ3v) is 3.53. The van der Waals surface area contributed by atoms with Crippen LogP contribution in [0.4, 0.5) is 0 Å². The summed E-state index contributed by atoms with van der Waals surface area (Å²) >= 11 is 6.09. The lowest BCUT2D eigenvalue weighted by molar-refractivity contribution is 0.184. The molecule has 1 aliphatic rings. The lowest BCUT2D eigenvalue weighted by atomic mass is 9.95. The van der Waals surface area contributed by atoms with E-state index in [4.69, 9.17) is 16.7 Å². The van der Waals surface area contributed by atoms with Gasteiger partial charge in [0.15, 0.2) is 0 Å². The minimum atomic E-state index is 0.238. The van der Waals surface area contributed by atoms with E-state index >= 15 is 0 Å². The highest BCUT2D eigenvalue weighted by molar-refractivity contribution is 6.31. The molecule has 0 bridgehead atoms. The second kappa shape index (κ2) is 4.52. The van der Waals surface area contributed by atoms with Crippen LogP contribution < -0.4 is 0 Å². The Hall–Kier alpha value is -0.570. The van der Waals surface area contributed by atoms with Crippen molar-refractivity contribution in [3.05, 3.63) is 33.8 Å². The summed E-state index contributed by atoms with van der Waals surface area (Å²) in [6.45, 7) is 5.05. The Morgan fingerprint density at radius 1 is 1.47 bits per heavy atom. The van der Waals surface area contributed by atoms with Crippen molar-refractivity contribution < 1.29 is 5.11 Å². The molecular formula is C12H16ClNO. The third kappa shape index (κ3) is 2.17. The molecule has 0 saturated carbocycles. The third-order valence-electron chi connectivity index (χ3n) is 3.12. The van der Waals surface area contributed by atoms with Gasteiger partial charge in [-0.2, -0.15) is 0 Å². The molecule has 0 saturated heterocycles. The Balaban J connectivity index is 2.24. The van der Waals surface area contributed by atoms with Crippen LogP contribution in [-0.2, 0) is 13.0 Å². The van der Waals surface area contributed by atoms with E-state index in [1.807, 2.05) is 6.07 Å². The molecule has 3 heteroatoms. The van der Waals surface area contributed by atoms with E-state index < -0.39 is 0 Å². The summed E-state index contributed by atoms with van der Waals surface area (Å²) in [4.78, 5) is 2.27. The maximum Gasteiger partial charge on any atom is 0.0558 e. The Bertz CT molecular complexity index is 365. The summed E-state index contributed by atoms with van der Waals surface area (Å²) in [6.07, 6.45) is 1.04. The number of halogens is 1. The maximum atomic E-state index is 8.90. The van der Waals surface area contributed by atoms with Gasteiger partial charge in [-0.05, 0) is 36.1 Å². The van der Waals surface area contributed by atoms with E-state index in [1.165, 1.54) is 16.7 Å². The summed E-state index contributed by atoms with van der Waals surface area (Å²) in [7, 11) is 0.